The van der Waals surface area contributed by atoms with Gasteiger partial charge in [0.1, 0.15) is 23.4 Å². The summed E-state index contributed by atoms with van der Waals surface area (Å²) in [6.45, 7) is 1.72. The fourth-order valence-corrected chi connectivity index (χ4v) is 3.83. The second-order valence-electron chi connectivity index (χ2n) is 7.80. The van der Waals surface area contributed by atoms with Crippen molar-refractivity contribution in [3.63, 3.8) is 0 Å². The fraction of sp³-hybridized carbons (Fsp3) is 0.417. The Morgan fingerprint density at radius 2 is 1.61 bits per heavy atom. The van der Waals surface area contributed by atoms with E-state index in [2.05, 4.69) is 5.32 Å². The molecule has 31 heavy (non-hydrogen) atoms. The van der Waals surface area contributed by atoms with Crippen LogP contribution in [0.2, 0.25) is 0 Å². The van der Waals surface area contributed by atoms with Crippen LogP contribution in [0.15, 0.2) is 48.5 Å². The Bertz CT molecular complexity index is 865. The molecule has 1 aliphatic carbocycles. The summed E-state index contributed by atoms with van der Waals surface area (Å²) in [6, 6.07) is 10.7. The molecule has 2 amide bonds. The Morgan fingerprint density at radius 1 is 1.03 bits per heavy atom. The van der Waals surface area contributed by atoms with Gasteiger partial charge in [0.05, 0.1) is 0 Å². The van der Waals surface area contributed by atoms with Gasteiger partial charge in [0.15, 0.2) is 6.61 Å². The number of halogens is 2. The van der Waals surface area contributed by atoms with E-state index in [1.807, 2.05) is 6.92 Å². The zero-order valence-corrected chi connectivity index (χ0v) is 17.7. The van der Waals surface area contributed by atoms with Crippen LogP contribution in [-0.4, -0.2) is 35.4 Å². The summed E-state index contributed by atoms with van der Waals surface area (Å²) in [5, 5.41) is 3.06. The SMILES string of the molecule is CC[C@@H](C(=O)NC1CCCC1)N(Cc1ccc(F)cc1)C(=O)COc1ccc(F)cc1. The maximum atomic E-state index is 13.3. The number of amides is 2. The summed E-state index contributed by atoms with van der Waals surface area (Å²) < 4.78 is 31.9. The fourth-order valence-electron chi connectivity index (χ4n) is 3.83. The van der Waals surface area contributed by atoms with Gasteiger partial charge in [-0.25, -0.2) is 8.78 Å². The number of nitrogens with zero attached hydrogens (tertiary/aromatic N) is 1. The van der Waals surface area contributed by atoms with Crippen LogP contribution in [0.5, 0.6) is 5.75 Å². The number of hydrogen-bond donors (Lipinski definition) is 1. The highest BCUT2D eigenvalue weighted by Gasteiger charge is 2.30. The molecule has 0 radical (unpaired) electrons. The number of rotatable bonds is 9. The molecule has 1 N–H and O–H groups in total. The van der Waals surface area contributed by atoms with E-state index < -0.39 is 11.9 Å². The lowest BCUT2D eigenvalue weighted by molar-refractivity contribution is -0.143. The Kier molecular flexibility index (Phi) is 7.98. The average Bonchev–Trinajstić information content (AvgIpc) is 3.27. The lowest BCUT2D eigenvalue weighted by Gasteiger charge is -2.31. The van der Waals surface area contributed by atoms with Crippen molar-refractivity contribution in [2.75, 3.05) is 6.61 Å². The summed E-state index contributed by atoms with van der Waals surface area (Å²) in [5.41, 5.74) is 0.712. The van der Waals surface area contributed by atoms with Crippen LogP contribution in [-0.2, 0) is 16.1 Å². The van der Waals surface area contributed by atoms with Gasteiger partial charge in [0.25, 0.3) is 5.91 Å². The summed E-state index contributed by atoms with van der Waals surface area (Å²) >= 11 is 0. The molecule has 2 aromatic rings. The predicted octanol–water partition coefficient (Wildman–Crippen LogP) is 4.21. The van der Waals surface area contributed by atoms with Gasteiger partial charge in [-0.3, -0.25) is 9.59 Å². The van der Waals surface area contributed by atoms with E-state index in [0.29, 0.717) is 17.7 Å². The Hall–Kier alpha value is -2.96. The van der Waals surface area contributed by atoms with E-state index in [9.17, 15) is 18.4 Å². The van der Waals surface area contributed by atoms with Crippen molar-refractivity contribution in [3.05, 3.63) is 65.7 Å². The predicted molar refractivity (Wildman–Crippen MR) is 113 cm³/mol. The van der Waals surface area contributed by atoms with Crippen LogP contribution in [0.1, 0.15) is 44.6 Å². The van der Waals surface area contributed by atoms with E-state index in [1.165, 1.54) is 41.3 Å². The molecule has 3 rings (SSSR count). The molecule has 2 aromatic carbocycles. The maximum Gasteiger partial charge on any atom is 0.261 e. The lowest BCUT2D eigenvalue weighted by Crippen LogP contribution is -2.52. The van der Waals surface area contributed by atoms with Gasteiger partial charge >= 0.3 is 0 Å². The van der Waals surface area contributed by atoms with Crippen LogP contribution >= 0.6 is 0 Å². The average molecular weight is 430 g/mol. The normalized spacial score (nSPS) is 14.8. The van der Waals surface area contributed by atoms with Crippen molar-refractivity contribution in [1.29, 1.82) is 0 Å². The molecule has 0 heterocycles. The molecular formula is C24H28F2N2O3. The highest BCUT2D eigenvalue weighted by Crippen LogP contribution is 2.20. The molecular weight excluding hydrogens is 402 g/mol. The monoisotopic (exact) mass is 430 g/mol. The molecule has 0 spiro atoms. The third-order valence-electron chi connectivity index (χ3n) is 5.53. The van der Waals surface area contributed by atoms with E-state index in [-0.39, 0.29) is 36.8 Å². The molecule has 0 bridgehead atoms. The largest absolute Gasteiger partial charge is 0.484 e. The maximum absolute atomic E-state index is 13.3. The molecule has 166 valence electrons. The second-order valence-corrected chi connectivity index (χ2v) is 7.80. The number of hydrogen-bond acceptors (Lipinski definition) is 3. The van der Waals surface area contributed by atoms with Gasteiger partial charge in [-0.05, 0) is 61.2 Å². The second kappa shape index (κ2) is 10.9. The molecule has 0 aliphatic heterocycles. The first kappa shape index (κ1) is 22.7. The molecule has 7 heteroatoms. The molecule has 0 saturated heterocycles. The van der Waals surface area contributed by atoms with Crippen molar-refractivity contribution in [3.8, 4) is 5.75 Å². The molecule has 0 unspecified atom stereocenters. The Labute approximate surface area is 181 Å². The zero-order valence-electron chi connectivity index (χ0n) is 17.7. The van der Waals surface area contributed by atoms with Crippen molar-refractivity contribution in [1.82, 2.24) is 10.2 Å². The summed E-state index contributed by atoms with van der Waals surface area (Å²) in [4.78, 5) is 27.5. The van der Waals surface area contributed by atoms with Crippen molar-refractivity contribution < 1.29 is 23.1 Å². The van der Waals surface area contributed by atoms with Crippen LogP contribution in [0.4, 0.5) is 8.78 Å². The van der Waals surface area contributed by atoms with Crippen LogP contribution in [0, 0.1) is 11.6 Å². The first-order chi connectivity index (χ1) is 15.0. The first-order valence-electron chi connectivity index (χ1n) is 10.7. The Morgan fingerprint density at radius 3 is 2.19 bits per heavy atom. The molecule has 1 fully saturated rings. The Balaban J connectivity index is 1.74. The van der Waals surface area contributed by atoms with E-state index in [1.54, 1.807) is 12.1 Å². The summed E-state index contributed by atoms with van der Waals surface area (Å²) in [5.74, 6) is -0.966. The van der Waals surface area contributed by atoms with E-state index in [4.69, 9.17) is 4.74 Å². The minimum Gasteiger partial charge on any atom is -0.484 e. The smallest absolute Gasteiger partial charge is 0.261 e. The molecule has 1 saturated carbocycles. The standard InChI is InChI=1S/C24H28F2N2O3/c1-2-22(24(30)27-20-5-3-4-6-20)28(15-17-7-9-18(25)10-8-17)23(29)16-31-21-13-11-19(26)12-14-21/h7-14,20,22H,2-6,15-16H2,1H3,(H,27,30)/t22-/m0/s1. The first-order valence-corrected chi connectivity index (χ1v) is 10.7. The highest BCUT2D eigenvalue weighted by molar-refractivity contribution is 5.88. The summed E-state index contributed by atoms with van der Waals surface area (Å²) in [7, 11) is 0. The molecule has 1 aliphatic rings. The lowest BCUT2D eigenvalue weighted by atomic mass is 10.1. The number of carbonyl (C=O) groups excluding carboxylic acids is 2. The molecule has 1 atom stereocenters. The van der Waals surface area contributed by atoms with Crippen molar-refractivity contribution >= 4 is 11.8 Å². The molecule has 0 aromatic heterocycles. The van der Waals surface area contributed by atoms with Crippen LogP contribution in [0.25, 0.3) is 0 Å². The van der Waals surface area contributed by atoms with Crippen LogP contribution in [0.3, 0.4) is 0 Å². The quantitative estimate of drug-likeness (QED) is 0.648. The van der Waals surface area contributed by atoms with Gasteiger partial charge in [0.2, 0.25) is 5.91 Å². The van der Waals surface area contributed by atoms with Gasteiger partial charge in [-0.1, -0.05) is 31.9 Å². The number of ether oxygens (including phenoxy) is 1. The summed E-state index contributed by atoms with van der Waals surface area (Å²) in [6.07, 6.45) is 4.50. The van der Waals surface area contributed by atoms with Crippen molar-refractivity contribution in [2.45, 2.75) is 57.7 Å². The molecule has 5 nitrogen and oxygen atoms in total. The van der Waals surface area contributed by atoms with Gasteiger partial charge in [-0.2, -0.15) is 0 Å². The minimum absolute atomic E-state index is 0.139. The van der Waals surface area contributed by atoms with Gasteiger partial charge < -0.3 is 15.0 Å². The number of nitrogens with one attached hydrogen (secondary N) is 1. The zero-order chi connectivity index (χ0) is 22.2. The van der Waals surface area contributed by atoms with Crippen molar-refractivity contribution in [2.24, 2.45) is 0 Å². The van der Waals surface area contributed by atoms with Crippen LogP contribution < -0.4 is 10.1 Å². The van der Waals surface area contributed by atoms with Gasteiger partial charge in [-0.15, -0.1) is 0 Å². The topological polar surface area (TPSA) is 58.6 Å². The van der Waals surface area contributed by atoms with Gasteiger partial charge in [0, 0.05) is 12.6 Å². The number of benzene rings is 2. The van der Waals surface area contributed by atoms with E-state index in [0.717, 1.165) is 25.7 Å². The minimum atomic E-state index is -0.671. The third-order valence-corrected chi connectivity index (χ3v) is 5.53. The third kappa shape index (κ3) is 6.51. The van der Waals surface area contributed by atoms with E-state index >= 15 is 0 Å². The number of carbonyl (C=O) groups is 2. The highest BCUT2D eigenvalue weighted by atomic mass is 19.1.